The zero-order valence-electron chi connectivity index (χ0n) is 20.8. The van der Waals surface area contributed by atoms with Gasteiger partial charge in [-0.05, 0) is 48.5 Å². The van der Waals surface area contributed by atoms with Crippen molar-refractivity contribution >= 4 is 81.8 Å². The number of hydrogen-bond donors (Lipinski definition) is 0. The highest BCUT2D eigenvalue weighted by Gasteiger charge is 2.25. The van der Waals surface area contributed by atoms with Crippen LogP contribution in [0.3, 0.4) is 0 Å². The normalized spacial score (nSPS) is 12.6. The maximum absolute atomic E-state index is 6.34. The minimum absolute atomic E-state index is 0.931. The Labute approximate surface area is 222 Å². The lowest BCUT2D eigenvalue weighted by Gasteiger charge is -2.09. The summed E-state index contributed by atoms with van der Waals surface area (Å²) in [5, 5.41) is 10.0. The van der Waals surface area contributed by atoms with Crippen LogP contribution in [0.25, 0.3) is 87.5 Å². The average Bonchev–Trinajstić information content (AvgIpc) is 3.72. The van der Waals surface area contributed by atoms with Crippen molar-refractivity contribution in [2.75, 3.05) is 0 Å². The molecule has 10 rings (SSSR count). The topological polar surface area (TPSA) is 22.5 Å². The maximum atomic E-state index is 6.34. The van der Waals surface area contributed by atoms with Gasteiger partial charge in [-0.1, -0.05) is 72.8 Å². The van der Waals surface area contributed by atoms with Crippen molar-refractivity contribution in [2.24, 2.45) is 0 Å². The van der Waals surface area contributed by atoms with Crippen LogP contribution in [-0.2, 0) is 0 Å². The third-order valence-electron chi connectivity index (χ3n) is 8.62. The molecule has 0 aliphatic rings. The Morgan fingerprint density at radius 1 is 0.410 bits per heavy atom. The van der Waals surface area contributed by atoms with Gasteiger partial charge in [-0.3, -0.25) is 0 Å². The summed E-state index contributed by atoms with van der Waals surface area (Å²) in [6.45, 7) is 0. The molecule has 4 aromatic heterocycles. The van der Waals surface area contributed by atoms with Gasteiger partial charge in [-0.15, -0.1) is 0 Å². The van der Waals surface area contributed by atoms with E-state index in [9.17, 15) is 0 Å². The smallest absolute Gasteiger partial charge is 0.136 e. The summed E-state index contributed by atoms with van der Waals surface area (Å²) in [7, 11) is 0. The van der Waals surface area contributed by atoms with Crippen molar-refractivity contribution < 1.29 is 4.42 Å². The first-order valence-corrected chi connectivity index (χ1v) is 13.4. The summed E-state index contributed by atoms with van der Waals surface area (Å²) in [4.78, 5) is 0. The lowest BCUT2D eigenvalue weighted by Crippen LogP contribution is -1.93. The Morgan fingerprint density at radius 2 is 1.13 bits per heavy atom. The summed E-state index contributed by atoms with van der Waals surface area (Å²) in [5.74, 6) is 0. The molecule has 3 nitrogen and oxygen atoms in total. The summed E-state index contributed by atoms with van der Waals surface area (Å²) < 4.78 is 11.3. The van der Waals surface area contributed by atoms with E-state index in [1.54, 1.807) is 0 Å². The second-order valence-corrected chi connectivity index (χ2v) is 10.5. The van der Waals surface area contributed by atoms with E-state index in [4.69, 9.17) is 4.42 Å². The van der Waals surface area contributed by atoms with E-state index < -0.39 is 0 Å². The average molecular weight is 497 g/mol. The van der Waals surface area contributed by atoms with Crippen LogP contribution in [0.2, 0.25) is 0 Å². The predicted molar refractivity (Wildman–Crippen MR) is 163 cm³/mol. The fourth-order valence-corrected chi connectivity index (χ4v) is 7.16. The molecular formula is C36H20N2O. The molecule has 0 aliphatic carbocycles. The van der Waals surface area contributed by atoms with E-state index in [1.807, 2.05) is 6.07 Å². The highest BCUT2D eigenvalue weighted by atomic mass is 16.3. The molecule has 0 saturated heterocycles. The Bertz CT molecular complexity index is 2600. The Kier molecular flexibility index (Phi) is 3.44. The molecule has 0 unspecified atom stereocenters. The first kappa shape index (κ1) is 19.8. The molecule has 3 heteroatoms. The quantitative estimate of drug-likeness (QED) is 0.222. The van der Waals surface area contributed by atoms with E-state index in [1.165, 1.54) is 76.4 Å². The largest absolute Gasteiger partial charge is 0.456 e. The molecule has 0 fully saturated rings. The Hall–Kier alpha value is -5.28. The number of nitrogens with zero attached hydrogens (tertiary/aromatic N) is 2. The monoisotopic (exact) mass is 496 g/mol. The minimum Gasteiger partial charge on any atom is -0.456 e. The minimum atomic E-state index is 0.931. The second-order valence-electron chi connectivity index (χ2n) is 10.5. The first-order chi connectivity index (χ1) is 19.4. The summed E-state index contributed by atoms with van der Waals surface area (Å²) in [5.41, 5.74) is 9.26. The van der Waals surface area contributed by atoms with Gasteiger partial charge in [0.2, 0.25) is 0 Å². The van der Waals surface area contributed by atoms with Crippen molar-refractivity contribution in [3.05, 3.63) is 121 Å². The lowest BCUT2D eigenvalue weighted by atomic mass is 10.0. The molecule has 0 bridgehead atoms. The van der Waals surface area contributed by atoms with E-state index in [0.29, 0.717) is 0 Å². The molecule has 0 spiro atoms. The van der Waals surface area contributed by atoms with Crippen LogP contribution in [-0.4, -0.2) is 8.97 Å². The molecule has 0 amide bonds. The third kappa shape index (κ3) is 2.27. The Balaban J connectivity index is 1.58. The van der Waals surface area contributed by atoms with Gasteiger partial charge in [0.25, 0.3) is 0 Å². The molecule has 6 aromatic carbocycles. The van der Waals surface area contributed by atoms with Crippen LogP contribution in [0.4, 0.5) is 0 Å². The molecule has 0 saturated carbocycles. The van der Waals surface area contributed by atoms with Crippen LogP contribution in [0, 0.1) is 0 Å². The SMILES string of the molecule is c1ccc(-n2c3ccccc3c3cc4c5c6c(ccc5n5c7ccccc7c(c32)c45)oc2ccccc26)cc1. The van der Waals surface area contributed by atoms with E-state index >= 15 is 0 Å². The molecule has 0 N–H and O–H groups in total. The van der Waals surface area contributed by atoms with Crippen molar-refractivity contribution in [2.45, 2.75) is 0 Å². The van der Waals surface area contributed by atoms with E-state index in [-0.39, 0.29) is 0 Å². The number of furan rings is 1. The van der Waals surface area contributed by atoms with Crippen molar-refractivity contribution in [1.82, 2.24) is 8.97 Å². The van der Waals surface area contributed by atoms with Crippen molar-refractivity contribution in [3.63, 3.8) is 0 Å². The number of benzene rings is 6. The molecule has 0 radical (unpaired) electrons. The van der Waals surface area contributed by atoms with Crippen molar-refractivity contribution in [3.8, 4) is 5.69 Å². The fraction of sp³-hybridized carbons (Fsp3) is 0. The van der Waals surface area contributed by atoms with Crippen molar-refractivity contribution in [1.29, 1.82) is 0 Å². The standard InChI is InChI=1S/C36H20N2O/c1-2-10-21(11-3-1)37-27-15-7-4-12-22(27)25-20-26-32-29(18-19-31-33(32)24-14-6-9-17-30(24)39-31)38-28-16-8-5-13-23(28)34(35(25)37)36(26)38/h1-20H. The zero-order chi connectivity index (χ0) is 25.2. The fourth-order valence-electron chi connectivity index (χ4n) is 7.16. The summed E-state index contributed by atoms with van der Waals surface area (Å²) in [6.07, 6.45) is 0. The van der Waals surface area contributed by atoms with Gasteiger partial charge < -0.3 is 13.4 Å². The van der Waals surface area contributed by atoms with E-state index in [2.05, 4.69) is 124 Å². The third-order valence-corrected chi connectivity index (χ3v) is 8.62. The summed E-state index contributed by atoms with van der Waals surface area (Å²) >= 11 is 0. The number of aromatic nitrogens is 2. The molecule has 39 heavy (non-hydrogen) atoms. The van der Waals surface area contributed by atoms with Gasteiger partial charge in [0.15, 0.2) is 0 Å². The number of hydrogen-bond acceptors (Lipinski definition) is 1. The molecule has 0 aliphatic heterocycles. The summed E-state index contributed by atoms with van der Waals surface area (Å²) in [6, 6.07) is 43.6. The predicted octanol–water partition coefficient (Wildman–Crippen LogP) is 9.83. The molecule has 10 aromatic rings. The highest BCUT2D eigenvalue weighted by molar-refractivity contribution is 6.38. The number of rotatable bonds is 1. The molecule has 4 heterocycles. The molecule has 0 atom stereocenters. The van der Waals surface area contributed by atoms with Crippen LogP contribution >= 0.6 is 0 Å². The van der Waals surface area contributed by atoms with Gasteiger partial charge in [0.05, 0.1) is 27.6 Å². The van der Waals surface area contributed by atoms with Gasteiger partial charge >= 0.3 is 0 Å². The zero-order valence-corrected chi connectivity index (χ0v) is 20.8. The van der Waals surface area contributed by atoms with Gasteiger partial charge in [0.1, 0.15) is 11.2 Å². The first-order valence-electron chi connectivity index (χ1n) is 13.4. The Morgan fingerprint density at radius 3 is 2.00 bits per heavy atom. The van der Waals surface area contributed by atoms with Gasteiger partial charge in [0, 0.05) is 48.8 Å². The second kappa shape index (κ2) is 6.77. The number of fused-ring (bicyclic) bond motifs is 14. The van der Waals surface area contributed by atoms with E-state index in [0.717, 1.165) is 11.2 Å². The van der Waals surface area contributed by atoms with Crippen LogP contribution in [0.5, 0.6) is 0 Å². The van der Waals surface area contributed by atoms with Crippen LogP contribution < -0.4 is 0 Å². The van der Waals surface area contributed by atoms with Gasteiger partial charge in [-0.2, -0.15) is 0 Å². The van der Waals surface area contributed by atoms with Crippen LogP contribution in [0.1, 0.15) is 0 Å². The molecule has 180 valence electrons. The maximum Gasteiger partial charge on any atom is 0.136 e. The van der Waals surface area contributed by atoms with Crippen LogP contribution in [0.15, 0.2) is 126 Å². The van der Waals surface area contributed by atoms with Gasteiger partial charge in [-0.25, -0.2) is 0 Å². The number of para-hydroxylation sites is 4. The molecular weight excluding hydrogens is 476 g/mol. The lowest BCUT2D eigenvalue weighted by molar-refractivity contribution is 0.669. The highest BCUT2D eigenvalue weighted by Crippen LogP contribution is 2.48.